The molecule has 0 unspecified atom stereocenters. The van der Waals surface area contributed by atoms with Gasteiger partial charge >= 0.3 is 0 Å². The van der Waals surface area contributed by atoms with Gasteiger partial charge in [0.1, 0.15) is 0 Å². The molecule has 1 heterocycles. The number of rotatable bonds is 5. The smallest absolute Gasteiger partial charge is 0.233 e. The van der Waals surface area contributed by atoms with Crippen molar-refractivity contribution in [3.05, 3.63) is 29.3 Å². The van der Waals surface area contributed by atoms with Gasteiger partial charge in [-0.05, 0) is 98.6 Å². The molecule has 6 nitrogen and oxygen atoms in total. The lowest BCUT2D eigenvalue weighted by Gasteiger charge is -2.57. The average molecular weight is 412 g/mol. The van der Waals surface area contributed by atoms with Gasteiger partial charge < -0.3 is 5.32 Å². The number of carbonyl (C=O) groups excluding carboxylic acids is 1. The maximum absolute atomic E-state index is 13.1. The van der Waals surface area contributed by atoms with Gasteiger partial charge in [0.2, 0.25) is 11.1 Å². The van der Waals surface area contributed by atoms with Gasteiger partial charge in [-0.25, -0.2) is 0 Å². The van der Waals surface area contributed by atoms with Gasteiger partial charge in [0.05, 0.1) is 10.9 Å². The maximum Gasteiger partial charge on any atom is 0.233 e. The third-order valence-corrected chi connectivity index (χ3v) is 8.20. The molecule has 6 rings (SSSR count). The number of nitrogens with zero attached hydrogens (tertiary/aromatic N) is 4. The Morgan fingerprint density at radius 2 is 1.72 bits per heavy atom. The Labute approximate surface area is 176 Å². The van der Waals surface area contributed by atoms with Crippen LogP contribution in [0, 0.1) is 31.6 Å². The Balaban J connectivity index is 1.31. The van der Waals surface area contributed by atoms with E-state index < -0.39 is 0 Å². The fourth-order valence-corrected chi connectivity index (χ4v) is 7.16. The molecular weight excluding hydrogens is 382 g/mol. The van der Waals surface area contributed by atoms with Gasteiger partial charge in [0, 0.05) is 5.54 Å². The summed E-state index contributed by atoms with van der Waals surface area (Å²) in [6.45, 7) is 6.08. The number of aromatic nitrogens is 4. The fourth-order valence-electron chi connectivity index (χ4n) is 6.37. The van der Waals surface area contributed by atoms with Gasteiger partial charge in [0.25, 0.3) is 0 Å². The van der Waals surface area contributed by atoms with E-state index in [1.807, 2.05) is 13.0 Å². The minimum atomic E-state index is -0.239. The van der Waals surface area contributed by atoms with Crippen LogP contribution in [0.2, 0.25) is 0 Å². The van der Waals surface area contributed by atoms with E-state index in [1.54, 1.807) is 4.68 Å². The summed E-state index contributed by atoms with van der Waals surface area (Å²) in [7, 11) is 0. The molecule has 1 atom stereocenters. The molecule has 4 aliphatic rings. The zero-order valence-electron chi connectivity index (χ0n) is 17.4. The Kier molecular flexibility index (Phi) is 4.68. The first kappa shape index (κ1) is 19.1. The van der Waals surface area contributed by atoms with Crippen LogP contribution in [0.3, 0.4) is 0 Å². The minimum absolute atomic E-state index is 0.0409. The van der Waals surface area contributed by atoms with Crippen molar-refractivity contribution in [2.75, 3.05) is 0 Å². The van der Waals surface area contributed by atoms with Crippen molar-refractivity contribution in [2.45, 2.75) is 75.2 Å². The SMILES string of the molecule is Cc1cccc(C)c1-n1nnnc1S[C@@H](C)C(=O)NC12CC3CC(CC(C3)C1)C2. The highest BCUT2D eigenvalue weighted by Crippen LogP contribution is 2.55. The predicted molar refractivity (Wildman–Crippen MR) is 113 cm³/mol. The van der Waals surface area contributed by atoms with Crippen molar-refractivity contribution >= 4 is 17.7 Å². The van der Waals surface area contributed by atoms with Crippen molar-refractivity contribution in [2.24, 2.45) is 17.8 Å². The van der Waals surface area contributed by atoms with Gasteiger partial charge in [0.15, 0.2) is 0 Å². The lowest BCUT2D eigenvalue weighted by atomic mass is 9.53. The number of para-hydroxylation sites is 1. The zero-order valence-corrected chi connectivity index (χ0v) is 18.2. The summed E-state index contributed by atoms with van der Waals surface area (Å²) < 4.78 is 1.77. The molecule has 4 saturated carbocycles. The molecule has 0 radical (unpaired) electrons. The zero-order chi connectivity index (χ0) is 20.2. The summed E-state index contributed by atoms with van der Waals surface area (Å²) in [4.78, 5) is 13.1. The van der Waals surface area contributed by atoms with Crippen LogP contribution in [0.5, 0.6) is 0 Å². The number of nitrogens with one attached hydrogen (secondary N) is 1. The highest BCUT2D eigenvalue weighted by molar-refractivity contribution is 8.00. The molecule has 0 saturated heterocycles. The van der Waals surface area contributed by atoms with Gasteiger partial charge in [-0.15, -0.1) is 5.10 Å². The van der Waals surface area contributed by atoms with E-state index in [9.17, 15) is 4.79 Å². The standard InChI is InChI=1S/C22H29N5OS/c1-13-5-4-6-14(2)19(13)27-21(24-25-26-27)29-15(3)20(28)23-22-10-16-7-17(11-22)9-18(8-16)12-22/h4-6,15-18H,7-12H2,1-3H3,(H,23,28)/t15-,16?,17?,18?,22?/m0/s1. The highest BCUT2D eigenvalue weighted by Gasteiger charge is 2.51. The molecule has 1 aromatic heterocycles. The van der Waals surface area contributed by atoms with E-state index in [-0.39, 0.29) is 16.7 Å². The quantitative estimate of drug-likeness (QED) is 0.757. The van der Waals surface area contributed by atoms with Crippen LogP contribution in [0.4, 0.5) is 0 Å². The van der Waals surface area contributed by atoms with Crippen molar-refractivity contribution in [3.63, 3.8) is 0 Å². The Bertz CT molecular complexity index is 883. The van der Waals surface area contributed by atoms with Crippen molar-refractivity contribution in [1.29, 1.82) is 0 Å². The second kappa shape index (κ2) is 7.11. The second-order valence-electron chi connectivity index (χ2n) is 9.56. The van der Waals surface area contributed by atoms with Crippen molar-refractivity contribution < 1.29 is 4.79 Å². The van der Waals surface area contributed by atoms with Crippen LogP contribution in [0.15, 0.2) is 23.4 Å². The Morgan fingerprint density at radius 1 is 1.14 bits per heavy atom. The topological polar surface area (TPSA) is 72.7 Å². The van der Waals surface area contributed by atoms with Crippen molar-refractivity contribution in [1.82, 2.24) is 25.5 Å². The number of aryl methyl sites for hydroxylation is 2. The van der Waals surface area contributed by atoms with E-state index >= 15 is 0 Å². The molecule has 1 aromatic carbocycles. The molecule has 4 fully saturated rings. The number of carbonyl (C=O) groups is 1. The van der Waals surface area contributed by atoms with Gasteiger partial charge in [-0.2, -0.15) is 4.68 Å². The molecule has 4 bridgehead atoms. The number of hydrogen-bond donors (Lipinski definition) is 1. The summed E-state index contributed by atoms with van der Waals surface area (Å²) in [5, 5.41) is 16.2. The number of hydrogen-bond acceptors (Lipinski definition) is 5. The number of amides is 1. The number of benzene rings is 1. The second-order valence-corrected chi connectivity index (χ2v) is 10.9. The molecule has 7 heteroatoms. The normalized spacial score (nSPS) is 31.1. The maximum atomic E-state index is 13.1. The van der Waals surface area contributed by atoms with Crippen LogP contribution >= 0.6 is 11.8 Å². The first-order chi connectivity index (χ1) is 13.9. The molecular formula is C22H29N5OS. The number of thioether (sulfide) groups is 1. The van der Waals surface area contributed by atoms with E-state index in [1.165, 1.54) is 50.3 Å². The third-order valence-electron chi connectivity index (χ3n) is 7.17. The average Bonchev–Trinajstić information content (AvgIpc) is 3.07. The molecule has 4 aliphatic carbocycles. The van der Waals surface area contributed by atoms with Crippen LogP contribution < -0.4 is 5.32 Å². The molecule has 154 valence electrons. The molecule has 0 aliphatic heterocycles. The van der Waals surface area contributed by atoms with Crippen LogP contribution in [-0.2, 0) is 4.79 Å². The Morgan fingerprint density at radius 3 is 2.31 bits per heavy atom. The van der Waals surface area contributed by atoms with Crippen molar-refractivity contribution in [3.8, 4) is 5.69 Å². The Hall–Kier alpha value is -1.89. The fraction of sp³-hybridized carbons (Fsp3) is 0.636. The molecule has 29 heavy (non-hydrogen) atoms. The van der Waals surface area contributed by atoms with Crippen LogP contribution in [0.1, 0.15) is 56.6 Å². The van der Waals surface area contributed by atoms with E-state index in [4.69, 9.17) is 0 Å². The van der Waals surface area contributed by atoms with E-state index in [0.29, 0.717) is 5.16 Å². The van der Waals surface area contributed by atoms with Gasteiger partial charge in [-0.3, -0.25) is 4.79 Å². The molecule has 1 N–H and O–H groups in total. The monoisotopic (exact) mass is 411 g/mol. The van der Waals surface area contributed by atoms with Gasteiger partial charge in [-0.1, -0.05) is 30.0 Å². The lowest BCUT2D eigenvalue weighted by Crippen LogP contribution is -2.60. The summed E-state index contributed by atoms with van der Waals surface area (Å²) in [6.07, 6.45) is 7.64. The molecule has 2 aromatic rings. The minimum Gasteiger partial charge on any atom is -0.350 e. The summed E-state index contributed by atoms with van der Waals surface area (Å²) in [5.41, 5.74) is 3.27. The van der Waals surface area contributed by atoms with E-state index in [2.05, 4.69) is 46.8 Å². The molecule has 1 amide bonds. The first-order valence-electron chi connectivity index (χ1n) is 10.8. The summed E-state index contributed by atoms with van der Waals surface area (Å²) in [6, 6.07) is 6.15. The number of tetrazole rings is 1. The highest BCUT2D eigenvalue weighted by atomic mass is 32.2. The summed E-state index contributed by atoms with van der Waals surface area (Å²) >= 11 is 1.44. The van der Waals surface area contributed by atoms with Crippen LogP contribution in [0.25, 0.3) is 5.69 Å². The first-order valence-corrected chi connectivity index (χ1v) is 11.6. The lowest BCUT2D eigenvalue weighted by molar-refractivity contribution is -0.126. The van der Waals surface area contributed by atoms with E-state index in [0.717, 1.165) is 34.6 Å². The van der Waals surface area contributed by atoms with Crippen LogP contribution in [-0.4, -0.2) is 36.9 Å². The third kappa shape index (κ3) is 3.47. The largest absolute Gasteiger partial charge is 0.350 e. The molecule has 0 spiro atoms. The summed E-state index contributed by atoms with van der Waals surface area (Å²) in [5.74, 6) is 2.58. The predicted octanol–water partition coefficient (Wildman–Crippen LogP) is 3.84.